The summed E-state index contributed by atoms with van der Waals surface area (Å²) in [7, 11) is 0. The van der Waals surface area contributed by atoms with Gasteiger partial charge in [-0.25, -0.2) is 4.98 Å². The van der Waals surface area contributed by atoms with E-state index in [1.165, 1.54) is 11.3 Å². The summed E-state index contributed by atoms with van der Waals surface area (Å²) in [6.45, 7) is 2.14. The molecule has 0 saturated heterocycles. The van der Waals surface area contributed by atoms with Crippen LogP contribution in [0.1, 0.15) is 18.2 Å². The number of thioether (sulfide) groups is 1. The van der Waals surface area contributed by atoms with Crippen molar-refractivity contribution in [3.05, 3.63) is 10.0 Å². The monoisotopic (exact) mass is 253 g/mol. The molecule has 0 spiro atoms. The smallest absolute Gasteiger partial charge is 0.152 e. The first kappa shape index (κ1) is 12.3. The van der Waals surface area contributed by atoms with E-state index >= 15 is 0 Å². The molecule has 0 aromatic carbocycles. The topological polar surface area (TPSA) is 53.4 Å². The second-order valence-electron chi connectivity index (χ2n) is 2.79. The van der Waals surface area contributed by atoms with Crippen molar-refractivity contribution in [3.8, 4) is 0 Å². The lowest BCUT2D eigenvalue weighted by molar-refractivity contribution is 0.285. The summed E-state index contributed by atoms with van der Waals surface area (Å²) in [4.78, 5) is 4.81. The molecule has 1 heterocycles. The lowest BCUT2D eigenvalue weighted by Crippen LogP contribution is -1.98. The fraction of sp³-hybridized carbons (Fsp3) is 0.625. The van der Waals surface area contributed by atoms with Gasteiger partial charge in [0.15, 0.2) is 4.34 Å². The van der Waals surface area contributed by atoms with Gasteiger partial charge in [0.1, 0.15) is 5.15 Å². The van der Waals surface area contributed by atoms with E-state index in [1.54, 1.807) is 11.8 Å². The Labute approximate surface area is 96.1 Å². The highest BCUT2D eigenvalue weighted by molar-refractivity contribution is 8.01. The first-order chi connectivity index (χ1) is 6.67. The number of hydrogen-bond donors (Lipinski definition) is 2. The van der Waals surface area contributed by atoms with Crippen molar-refractivity contribution < 1.29 is 10.2 Å². The summed E-state index contributed by atoms with van der Waals surface area (Å²) in [5, 5.41) is 18.3. The average Bonchev–Trinajstić information content (AvgIpc) is 2.46. The maximum absolute atomic E-state index is 8.91. The van der Waals surface area contributed by atoms with Crippen molar-refractivity contribution in [1.29, 1.82) is 0 Å². The van der Waals surface area contributed by atoms with E-state index in [0.29, 0.717) is 15.3 Å². The van der Waals surface area contributed by atoms with Gasteiger partial charge in [0.05, 0.1) is 11.5 Å². The Morgan fingerprint density at radius 2 is 2.29 bits per heavy atom. The van der Waals surface area contributed by atoms with Gasteiger partial charge in [-0.2, -0.15) is 0 Å². The Kier molecular flexibility index (Phi) is 5.19. The van der Waals surface area contributed by atoms with E-state index < -0.39 is 0 Å². The lowest BCUT2D eigenvalue weighted by atomic mass is 10.4. The molecule has 1 rings (SSSR count). The van der Waals surface area contributed by atoms with Gasteiger partial charge in [-0.3, -0.25) is 0 Å². The predicted molar refractivity (Wildman–Crippen MR) is 60.1 cm³/mol. The molecule has 2 N–H and O–H groups in total. The average molecular weight is 254 g/mol. The zero-order valence-corrected chi connectivity index (χ0v) is 10.1. The highest BCUT2D eigenvalue weighted by Crippen LogP contribution is 2.33. The molecule has 0 aliphatic carbocycles. The number of rotatable bonds is 5. The van der Waals surface area contributed by atoms with Crippen LogP contribution in [0.5, 0.6) is 0 Å². The minimum Gasteiger partial charge on any atom is -0.396 e. The molecule has 0 aliphatic rings. The van der Waals surface area contributed by atoms with Crippen molar-refractivity contribution in [1.82, 2.24) is 4.98 Å². The molecule has 0 bridgehead atoms. The molecule has 0 radical (unpaired) electrons. The van der Waals surface area contributed by atoms with E-state index in [1.807, 2.05) is 6.92 Å². The highest BCUT2D eigenvalue weighted by Gasteiger charge is 2.11. The van der Waals surface area contributed by atoms with Crippen LogP contribution in [-0.4, -0.2) is 27.1 Å². The van der Waals surface area contributed by atoms with Gasteiger partial charge in [0.2, 0.25) is 0 Å². The van der Waals surface area contributed by atoms with Gasteiger partial charge in [-0.15, -0.1) is 11.3 Å². The molecule has 3 nitrogen and oxygen atoms in total. The summed E-state index contributed by atoms with van der Waals surface area (Å²) in [6.07, 6.45) is 0.732. The van der Waals surface area contributed by atoms with Crippen molar-refractivity contribution in [2.24, 2.45) is 0 Å². The molecular formula is C8H12ClNO2S2. The minimum atomic E-state index is -0.0640. The van der Waals surface area contributed by atoms with Gasteiger partial charge < -0.3 is 10.2 Å². The predicted octanol–water partition coefficient (Wildman–Crippen LogP) is 2.15. The van der Waals surface area contributed by atoms with Gasteiger partial charge in [-0.1, -0.05) is 30.3 Å². The molecule has 1 aromatic heterocycles. The zero-order chi connectivity index (χ0) is 10.6. The normalized spacial score (nSPS) is 13.1. The summed E-state index contributed by atoms with van der Waals surface area (Å²) < 4.78 is 0.847. The molecule has 6 heteroatoms. The van der Waals surface area contributed by atoms with Gasteiger partial charge in [-0.05, 0) is 6.42 Å². The Balaban J connectivity index is 2.58. The Bertz CT molecular complexity index is 293. The Morgan fingerprint density at radius 3 is 2.79 bits per heavy atom. The molecule has 0 saturated carbocycles. The number of nitrogens with zero attached hydrogens (tertiary/aromatic N) is 1. The van der Waals surface area contributed by atoms with E-state index in [2.05, 4.69) is 4.98 Å². The molecule has 1 atom stereocenters. The van der Waals surface area contributed by atoms with Crippen LogP contribution in [-0.2, 0) is 6.61 Å². The van der Waals surface area contributed by atoms with Crippen LogP contribution in [0, 0.1) is 0 Å². The first-order valence-electron chi connectivity index (χ1n) is 4.21. The molecule has 14 heavy (non-hydrogen) atoms. The summed E-state index contributed by atoms with van der Waals surface area (Å²) in [5.41, 5.74) is 0. The summed E-state index contributed by atoms with van der Waals surface area (Å²) in [6, 6.07) is 0. The van der Waals surface area contributed by atoms with E-state index in [-0.39, 0.29) is 13.2 Å². The number of halogens is 1. The van der Waals surface area contributed by atoms with Crippen molar-refractivity contribution in [2.75, 3.05) is 6.61 Å². The molecule has 80 valence electrons. The van der Waals surface area contributed by atoms with Crippen LogP contribution < -0.4 is 0 Å². The first-order valence-corrected chi connectivity index (χ1v) is 6.28. The van der Waals surface area contributed by atoms with Crippen LogP contribution in [0.3, 0.4) is 0 Å². The van der Waals surface area contributed by atoms with Gasteiger partial charge in [0.25, 0.3) is 0 Å². The van der Waals surface area contributed by atoms with Crippen LogP contribution in [0.4, 0.5) is 0 Å². The molecule has 0 fully saturated rings. The fourth-order valence-corrected chi connectivity index (χ4v) is 3.47. The number of aliphatic hydroxyl groups is 2. The molecular weight excluding hydrogens is 242 g/mol. The third kappa shape index (κ3) is 3.40. The maximum Gasteiger partial charge on any atom is 0.152 e. The van der Waals surface area contributed by atoms with Gasteiger partial charge >= 0.3 is 0 Å². The minimum absolute atomic E-state index is 0.0640. The standard InChI is InChI=1S/C8H12ClNO2S2/c1-5(2-3-11)13-8-10-7(9)6(4-12)14-8/h5,11-12H,2-4H2,1H3. The lowest BCUT2D eigenvalue weighted by Gasteiger charge is -2.05. The van der Waals surface area contributed by atoms with Crippen molar-refractivity contribution in [3.63, 3.8) is 0 Å². The number of aromatic nitrogens is 1. The molecule has 0 aliphatic heterocycles. The van der Waals surface area contributed by atoms with E-state index in [4.69, 9.17) is 21.8 Å². The maximum atomic E-state index is 8.91. The zero-order valence-electron chi connectivity index (χ0n) is 7.73. The van der Waals surface area contributed by atoms with Crippen LogP contribution in [0.25, 0.3) is 0 Å². The highest BCUT2D eigenvalue weighted by atomic mass is 35.5. The number of thiazole rings is 1. The molecule has 1 aromatic rings. The van der Waals surface area contributed by atoms with Crippen LogP contribution >= 0.6 is 34.7 Å². The summed E-state index contributed by atoms with van der Waals surface area (Å²) in [5.74, 6) is 0. The van der Waals surface area contributed by atoms with Crippen molar-refractivity contribution in [2.45, 2.75) is 29.5 Å². The molecule has 0 amide bonds. The fourth-order valence-electron chi connectivity index (χ4n) is 0.874. The Morgan fingerprint density at radius 1 is 1.57 bits per heavy atom. The third-order valence-corrected chi connectivity index (χ3v) is 4.34. The van der Waals surface area contributed by atoms with Crippen LogP contribution in [0.15, 0.2) is 4.34 Å². The van der Waals surface area contributed by atoms with E-state index in [9.17, 15) is 0 Å². The third-order valence-electron chi connectivity index (χ3n) is 1.61. The number of aliphatic hydroxyl groups excluding tert-OH is 2. The second kappa shape index (κ2) is 5.92. The summed E-state index contributed by atoms with van der Waals surface area (Å²) >= 11 is 8.75. The van der Waals surface area contributed by atoms with Crippen molar-refractivity contribution >= 4 is 34.7 Å². The quantitative estimate of drug-likeness (QED) is 0.790. The van der Waals surface area contributed by atoms with E-state index in [0.717, 1.165) is 10.8 Å². The molecule has 1 unspecified atom stereocenters. The van der Waals surface area contributed by atoms with Gasteiger partial charge in [0, 0.05) is 11.9 Å². The number of hydrogen-bond acceptors (Lipinski definition) is 5. The van der Waals surface area contributed by atoms with Crippen LogP contribution in [0.2, 0.25) is 5.15 Å². The Hall–Kier alpha value is 0.190. The largest absolute Gasteiger partial charge is 0.396 e. The SMILES string of the molecule is CC(CCO)Sc1nc(Cl)c(CO)s1. The second-order valence-corrected chi connectivity index (χ2v) is 5.92.